The molecule has 1 aliphatic rings. The summed E-state index contributed by atoms with van der Waals surface area (Å²) in [6.07, 6.45) is 1.75. The zero-order chi connectivity index (χ0) is 8.10. The largest absolute Gasteiger partial charge is 0.304 e. The molecule has 0 spiro atoms. The Morgan fingerprint density at radius 3 is 3.09 bits per heavy atom. The normalized spacial score (nSPS) is 28.4. The van der Waals surface area contributed by atoms with Gasteiger partial charge in [0.25, 0.3) is 0 Å². The molecule has 3 heteroatoms. The zero-order valence-corrected chi connectivity index (χ0v) is 7.56. The van der Waals surface area contributed by atoms with Gasteiger partial charge in [-0.15, -0.1) is 0 Å². The summed E-state index contributed by atoms with van der Waals surface area (Å²) in [6, 6.07) is 0. The molecule has 0 aromatic carbocycles. The molecule has 0 radical (unpaired) electrons. The van der Waals surface area contributed by atoms with Gasteiger partial charge in [0.15, 0.2) is 0 Å². The van der Waals surface area contributed by atoms with Crippen LogP contribution in [0.15, 0.2) is 0 Å². The molecule has 0 amide bonds. The summed E-state index contributed by atoms with van der Waals surface area (Å²) >= 11 is 0. The number of nitrogens with zero attached hydrogens (tertiary/aromatic N) is 1. The van der Waals surface area contributed by atoms with Crippen molar-refractivity contribution in [2.45, 2.75) is 19.5 Å². The minimum Gasteiger partial charge on any atom is -0.304 e. The third-order valence-corrected chi connectivity index (χ3v) is 2.28. The Hall–Kier alpha value is -0.120. The molecule has 1 heterocycles. The van der Waals surface area contributed by atoms with E-state index in [1.165, 1.54) is 19.5 Å². The van der Waals surface area contributed by atoms with E-state index in [4.69, 9.17) is 0 Å². The van der Waals surface area contributed by atoms with E-state index in [0.29, 0.717) is 6.17 Å². The fraction of sp³-hybridized carbons (Fsp3) is 1.00. The monoisotopic (exact) mass is 157 g/mol. The maximum atomic E-state index is 3.44. The summed E-state index contributed by atoms with van der Waals surface area (Å²) in [5.74, 6) is 0. The third-order valence-electron chi connectivity index (χ3n) is 2.28. The van der Waals surface area contributed by atoms with Crippen molar-refractivity contribution in [1.29, 1.82) is 0 Å². The molecule has 66 valence electrons. The topological polar surface area (TPSA) is 27.3 Å². The maximum absolute atomic E-state index is 3.44. The molecule has 1 fully saturated rings. The van der Waals surface area contributed by atoms with E-state index >= 15 is 0 Å². The first kappa shape index (κ1) is 8.97. The quantitative estimate of drug-likeness (QED) is 0.583. The molecule has 0 aromatic heterocycles. The minimum atomic E-state index is 0.484. The molecule has 1 atom stereocenters. The van der Waals surface area contributed by atoms with E-state index in [9.17, 15) is 0 Å². The first-order valence-corrected chi connectivity index (χ1v) is 4.49. The lowest BCUT2D eigenvalue weighted by Crippen LogP contribution is -2.46. The highest BCUT2D eigenvalue weighted by molar-refractivity contribution is 4.72. The van der Waals surface area contributed by atoms with Crippen molar-refractivity contribution in [3.63, 3.8) is 0 Å². The van der Waals surface area contributed by atoms with Gasteiger partial charge in [-0.05, 0) is 33.1 Å². The molecule has 1 saturated heterocycles. The number of nitrogens with one attached hydrogen (secondary N) is 2. The second-order valence-corrected chi connectivity index (χ2v) is 3.04. The lowest BCUT2D eigenvalue weighted by molar-refractivity contribution is 0.269. The van der Waals surface area contributed by atoms with Gasteiger partial charge in [-0.1, -0.05) is 6.92 Å². The standard InChI is InChI=1S/C8H19N3/c1-3-11-6-4-5-10-8(7-11)9-2/h8-10H,3-7H2,1-2H3. The molecular weight excluding hydrogens is 138 g/mol. The summed E-state index contributed by atoms with van der Waals surface area (Å²) in [5, 5.41) is 6.70. The zero-order valence-electron chi connectivity index (χ0n) is 7.56. The van der Waals surface area contributed by atoms with Crippen molar-refractivity contribution in [3.8, 4) is 0 Å². The van der Waals surface area contributed by atoms with E-state index in [2.05, 4.69) is 22.5 Å². The van der Waals surface area contributed by atoms with Crippen molar-refractivity contribution in [2.24, 2.45) is 0 Å². The average Bonchev–Trinajstić information content (AvgIpc) is 2.28. The van der Waals surface area contributed by atoms with Crippen LogP contribution in [0.2, 0.25) is 0 Å². The van der Waals surface area contributed by atoms with Gasteiger partial charge in [0, 0.05) is 6.54 Å². The van der Waals surface area contributed by atoms with Gasteiger partial charge >= 0.3 is 0 Å². The number of likely N-dealkylation sites (N-methyl/N-ethyl adjacent to an activating group) is 2. The molecule has 0 saturated carbocycles. The van der Waals surface area contributed by atoms with Crippen molar-refractivity contribution in [3.05, 3.63) is 0 Å². The van der Waals surface area contributed by atoms with E-state index in [-0.39, 0.29) is 0 Å². The van der Waals surface area contributed by atoms with Gasteiger partial charge in [0.2, 0.25) is 0 Å². The fourth-order valence-corrected chi connectivity index (χ4v) is 1.47. The highest BCUT2D eigenvalue weighted by Gasteiger charge is 2.13. The Morgan fingerprint density at radius 1 is 1.64 bits per heavy atom. The molecular formula is C8H19N3. The Balaban J connectivity index is 2.33. The van der Waals surface area contributed by atoms with Crippen LogP contribution in [0.25, 0.3) is 0 Å². The molecule has 2 N–H and O–H groups in total. The Morgan fingerprint density at radius 2 is 2.45 bits per heavy atom. The van der Waals surface area contributed by atoms with Crippen LogP contribution >= 0.6 is 0 Å². The molecule has 0 aromatic rings. The molecule has 3 nitrogen and oxygen atoms in total. The van der Waals surface area contributed by atoms with Crippen LogP contribution in [0.4, 0.5) is 0 Å². The predicted octanol–water partition coefficient (Wildman–Crippen LogP) is -0.153. The van der Waals surface area contributed by atoms with Gasteiger partial charge in [0.05, 0.1) is 6.17 Å². The lowest BCUT2D eigenvalue weighted by Gasteiger charge is -2.22. The maximum Gasteiger partial charge on any atom is 0.0700 e. The predicted molar refractivity (Wildman–Crippen MR) is 47.6 cm³/mol. The Labute approximate surface area is 69.1 Å². The van der Waals surface area contributed by atoms with Crippen LogP contribution in [-0.2, 0) is 0 Å². The van der Waals surface area contributed by atoms with Crippen LogP contribution < -0.4 is 10.6 Å². The van der Waals surface area contributed by atoms with E-state index < -0.39 is 0 Å². The molecule has 1 unspecified atom stereocenters. The van der Waals surface area contributed by atoms with Crippen LogP contribution in [0, 0.1) is 0 Å². The van der Waals surface area contributed by atoms with Crippen molar-refractivity contribution in [1.82, 2.24) is 15.5 Å². The van der Waals surface area contributed by atoms with E-state index in [0.717, 1.165) is 13.1 Å². The second-order valence-electron chi connectivity index (χ2n) is 3.04. The highest BCUT2D eigenvalue weighted by atomic mass is 15.2. The first-order chi connectivity index (χ1) is 5.36. The van der Waals surface area contributed by atoms with Gasteiger partial charge in [-0.25, -0.2) is 0 Å². The lowest BCUT2D eigenvalue weighted by atomic mass is 10.4. The van der Waals surface area contributed by atoms with Crippen LogP contribution in [0.3, 0.4) is 0 Å². The first-order valence-electron chi connectivity index (χ1n) is 4.49. The van der Waals surface area contributed by atoms with Crippen molar-refractivity contribution >= 4 is 0 Å². The average molecular weight is 157 g/mol. The van der Waals surface area contributed by atoms with Crippen LogP contribution in [-0.4, -0.2) is 44.3 Å². The number of hydrogen-bond donors (Lipinski definition) is 2. The van der Waals surface area contributed by atoms with E-state index in [1.807, 2.05) is 7.05 Å². The summed E-state index contributed by atoms with van der Waals surface area (Å²) < 4.78 is 0. The fourth-order valence-electron chi connectivity index (χ4n) is 1.47. The minimum absolute atomic E-state index is 0.484. The molecule has 0 aliphatic carbocycles. The van der Waals surface area contributed by atoms with Crippen LogP contribution in [0.1, 0.15) is 13.3 Å². The Kier molecular flexibility index (Phi) is 3.83. The summed E-state index contributed by atoms with van der Waals surface area (Å²) in [4.78, 5) is 2.47. The second kappa shape index (κ2) is 4.70. The summed E-state index contributed by atoms with van der Waals surface area (Å²) in [5.41, 5.74) is 0. The van der Waals surface area contributed by atoms with Crippen molar-refractivity contribution in [2.75, 3.05) is 33.2 Å². The smallest absolute Gasteiger partial charge is 0.0700 e. The molecule has 0 bridgehead atoms. The molecule has 11 heavy (non-hydrogen) atoms. The highest BCUT2D eigenvalue weighted by Crippen LogP contribution is 1.97. The Bertz CT molecular complexity index is 93.5. The van der Waals surface area contributed by atoms with Crippen LogP contribution in [0.5, 0.6) is 0 Å². The van der Waals surface area contributed by atoms with Crippen molar-refractivity contribution < 1.29 is 0 Å². The summed E-state index contributed by atoms with van der Waals surface area (Å²) in [7, 11) is 2.01. The number of rotatable bonds is 2. The van der Waals surface area contributed by atoms with Gasteiger partial charge < -0.3 is 15.5 Å². The SMILES string of the molecule is CCN1CCCNC(NC)C1. The van der Waals surface area contributed by atoms with Gasteiger partial charge in [0.1, 0.15) is 0 Å². The van der Waals surface area contributed by atoms with E-state index in [1.54, 1.807) is 0 Å². The third kappa shape index (κ3) is 2.77. The summed E-state index contributed by atoms with van der Waals surface area (Å²) in [6.45, 7) is 6.90. The molecule has 1 rings (SSSR count). The number of hydrogen-bond acceptors (Lipinski definition) is 3. The van der Waals surface area contributed by atoms with Gasteiger partial charge in [-0.3, -0.25) is 0 Å². The molecule has 1 aliphatic heterocycles. The van der Waals surface area contributed by atoms with Gasteiger partial charge in [-0.2, -0.15) is 0 Å².